The van der Waals surface area contributed by atoms with Gasteiger partial charge in [-0.3, -0.25) is 4.90 Å². The molecule has 0 saturated carbocycles. The van der Waals surface area contributed by atoms with Crippen LogP contribution < -0.4 is 10.1 Å². The predicted octanol–water partition coefficient (Wildman–Crippen LogP) is 3.81. The zero-order valence-corrected chi connectivity index (χ0v) is 15.8. The van der Waals surface area contributed by atoms with E-state index in [1.807, 2.05) is 24.3 Å². The maximum Gasteiger partial charge on any atom is 0.226 e. The molecule has 3 aromatic rings. The molecule has 0 amide bonds. The molecule has 1 N–H and O–H groups in total. The largest absolute Gasteiger partial charge is 0.496 e. The topological polar surface area (TPSA) is 50.5 Å². The summed E-state index contributed by atoms with van der Waals surface area (Å²) in [6.07, 6.45) is 1.77. The van der Waals surface area contributed by atoms with Crippen LogP contribution in [0.25, 0.3) is 11.5 Å². The number of oxazole rings is 1. The zero-order valence-electron chi connectivity index (χ0n) is 15.8. The lowest BCUT2D eigenvalue weighted by Crippen LogP contribution is -2.45. The van der Waals surface area contributed by atoms with Crippen LogP contribution in [-0.4, -0.2) is 36.6 Å². The van der Waals surface area contributed by atoms with Crippen molar-refractivity contribution in [1.29, 1.82) is 0 Å². The number of nitrogens with zero attached hydrogens (tertiary/aromatic N) is 2. The molecular weight excluding hydrogens is 338 g/mol. The van der Waals surface area contributed by atoms with E-state index in [1.54, 1.807) is 13.4 Å². The molecule has 1 aliphatic rings. The van der Waals surface area contributed by atoms with E-state index >= 15 is 0 Å². The van der Waals surface area contributed by atoms with E-state index in [9.17, 15) is 0 Å². The van der Waals surface area contributed by atoms with Gasteiger partial charge in [-0.1, -0.05) is 35.9 Å². The number of hydrogen-bond donors (Lipinski definition) is 1. The molecule has 0 spiro atoms. The van der Waals surface area contributed by atoms with Crippen molar-refractivity contribution in [2.75, 3.05) is 26.7 Å². The Morgan fingerprint density at radius 2 is 2.00 bits per heavy atom. The summed E-state index contributed by atoms with van der Waals surface area (Å²) in [6, 6.07) is 16.7. The summed E-state index contributed by atoms with van der Waals surface area (Å²) in [6.45, 7) is 5.64. The second kappa shape index (κ2) is 7.94. The minimum absolute atomic E-state index is 0.245. The summed E-state index contributed by atoms with van der Waals surface area (Å²) >= 11 is 0. The van der Waals surface area contributed by atoms with Gasteiger partial charge in [0.15, 0.2) is 0 Å². The lowest BCUT2D eigenvalue weighted by molar-refractivity contribution is 0.149. The van der Waals surface area contributed by atoms with Crippen LogP contribution in [0.3, 0.4) is 0 Å². The summed E-state index contributed by atoms with van der Waals surface area (Å²) in [5, 5.41) is 3.50. The third-order valence-corrected chi connectivity index (χ3v) is 5.07. The van der Waals surface area contributed by atoms with Crippen LogP contribution in [0.15, 0.2) is 59.2 Å². The Balaban J connectivity index is 1.54. The minimum atomic E-state index is 0.245. The first kappa shape index (κ1) is 17.8. The van der Waals surface area contributed by atoms with Gasteiger partial charge in [-0.2, -0.15) is 0 Å². The fourth-order valence-corrected chi connectivity index (χ4v) is 3.60. The number of methoxy groups -OCH3 is 1. The third kappa shape index (κ3) is 3.89. The number of nitrogens with one attached hydrogen (secondary N) is 1. The van der Waals surface area contributed by atoms with Gasteiger partial charge in [0, 0.05) is 37.3 Å². The standard InChI is InChI=1S/C22H25N3O2/c1-16-7-9-17(10-8-16)22-24-18(15-27-22)14-25-12-11-23-13-20(25)19-5-3-4-6-21(19)26-2/h3-10,15,20,23H,11-14H2,1-2H3. The minimum Gasteiger partial charge on any atom is -0.496 e. The SMILES string of the molecule is COc1ccccc1C1CNCCN1Cc1coc(-c2ccc(C)cc2)n1. The average molecular weight is 363 g/mol. The Hall–Kier alpha value is -2.63. The van der Waals surface area contributed by atoms with E-state index in [0.29, 0.717) is 5.89 Å². The van der Waals surface area contributed by atoms with Crippen molar-refractivity contribution in [2.45, 2.75) is 19.5 Å². The van der Waals surface area contributed by atoms with E-state index in [2.05, 4.69) is 41.4 Å². The van der Waals surface area contributed by atoms with Gasteiger partial charge < -0.3 is 14.5 Å². The smallest absolute Gasteiger partial charge is 0.226 e. The number of aryl methyl sites for hydroxylation is 1. The van der Waals surface area contributed by atoms with Crippen LogP contribution in [0.4, 0.5) is 0 Å². The molecule has 5 heteroatoms. The molecule has 140 valence electrons. The van der Waals surface area contributed by atoms with Crippen LogP contribution >= 0.6 is 0 Å². The molecule has 5 nitrogen and oxygen atoms in total. The van der Waals surface area contributed by atoms with Gasteiger partial charge in [0.1, 0.15) is 12.0 Å². The highest BCUT2D eigenvalue weighted by Crippen LogP contribution is 2.31. The molecule has 2 heterocycles. The fraction of sp³-hybridized carbons (Fsp3) is 0.318. The Bertz CT molecular complexity index is 889. The van der Waals surface area contributed by atoms with Gasteiger partial charge in [-0.05, 0) is 25.1 Å². The molecule has 1 saturated heterocycles. The van der Waals surface area contributed by atoms with Gasteiger partial charge >= 0.3 is 0 Å². The lowest BCUT2D eigenvalue weighted by Gasteiger charge is -2.36. The molecule has 1 fully saturated rings. The lowest BCUT2D eigenvalue weighted by atomic mass is 10.0. The van der Waals surface area contributed by atoms with Crippen LogP contribution in [0, 0.1) is 6.92 Å². The molecule has 1 aliphatic heterocycles. The van der Waals surface area contributed by atoms with Gasteiger partial charge in [-0.15, -0.1) is 0 Å². The van der Waals surface area contributed by atoms with Crippen LogP contribution in [0.2, 0.25) is 0 Å². The van der Waals surface area contributed by atoms with Crippen molar-refractivity contribution >= 4 is 0 Å². The highest BCUT2D eigenvalue weighted by Gasteiger charge is 2.27. The van der Waals surface area contributed by atoms with Crippen molar-refractivity contribution in [2.24, 2.45) is 0 Å². The van der Waals surface area contributed by atoms with E-state index in [1.165, 1.54) is 11.1 Å². The summed E-state index contributed by atoms with van der Waals surface area (Å²) in [4.78, 5) is 7.15. The fourth-order valence-electron chi connectivity index (χ4n) is 3.60. The van der Waals surface area contributed by atoms with E-state index < -0.39 is 0 Å². The number of piperazine rings is 1. The average Bonchev–Trinajstić information content (AvgIpc) is 3.17. The number of hydrogen-bond acceptors (Lipinski definition) is 5. The molecular formula is C22H25N3O2. The van der Waals surface area contributed by atoms with Gasteiger partial charge in [0.2, 0.25) is 5.89 Å². The second-order valence-electron chi connectivity index (χ2n) is 6.94. The Morgan fingerprint density at radius 1 is 1.19 bits per heavy atom. The summed E-state index contributed by atoms with van der Waals surface area (Å²) in [5.41, 5.74) is 4.39. The molecule has 0 radical (unpaired) electrons. The molecule has 0 aliphatic carbocycles. The zero-order chi connectivity index (χ0) is 18.6. The van der Waals surface area contributed by atoms with Crippen molar-refractivity contribution in [3.63, 3.8) is 0 Å². The van der Waals surface area contributed by atoms with Crippen molar-refractivity contribution in [1.82, 2.24) is 15.2 Å². The highest BCUT2D eigenvalue weighted by atomic mass is 16.5. The Labute approximate surface area is 160 Å². The molecule has 4 rings (SSSR count). The van der Waals surface area contributed by atoms with Crippen LogP contribution in [0.5, 0.6) is 5.75 Å². The van der Waals surface area contributed by atoms with Gasteiger partial charge in [-0.25, -0.2) is 4.98 Å². The van der Waals surface area contributed by atoms with E-state index in [0.717, 1.165) is 43.2 Å². The highest BCUT2D eigenvalue weighted by molar-refractivity contribution is 5.53. The normalized spacial score (nSPS) is 17.8. The number of para-hydroxylation sites is 1. The third-order valence-electron chi connectivity index (χ3n) is 5.07. The first-order chi connectivity index (χ1) is 13.2. The molecule has 2 aromatic carbocycles. The van der Waals surface area contributed by atoms with Crippen LogP contribution in [0.1, 0.15) is 22.9 Å². The van der Waals surface area contributed by atoms with Crippen molar-refractivity contribution < 1.29 is 9.15 Å². The maximum absolute atomic E-state index is 5.74. The number of ether oxygens (including phenoxy) is 1. The summed E-state index contributed by atoms with van der Waals surface area (Å²) in [5.74, 6) is 1.60. The van der Waals surface area contributed by atoms with Crippen LogP contribution in [-0.2, 0) is 6.54 Å². The van der Waals surface area contributed by atoms with Gasteiger partial charge in [0.05, 0.1) is 18.8 Å². The van der Waals surface area contributed by atoms with Crippen molar-refractivity contribution in [3.8, 4) is 17.2 Å². The molecule has 1 aromatic heterocycles. The molecule has 1 atom stereocenters. The molecule has 1 unspecified atom stereocenters. The first-order valence-corrected chi connectivity index (χ1v) is 9.34. The molecule has 0 bridgehead atoms. The number of rotatable bonds is 5. The first-order valence-electron chi connectivity index (χ1n) is 9.34. The summed E-state index contributed by atoms with van der Waals surface area (Å²) in [7, 11) is 1.73. The monoisotopic (exact) mass is 363 g/mol. The molecule has 27 heavy (non-hydrogen) atoms. The predicted molar refractivity (Wildman–Crippen MR) is 106 cm³/mol. The number of aromatic nitrogens is 1. The number of benzene rings is 2. The van der Waals surface area contributed by atoms with Gasteiger partial charge in [0.25, 0.3) is 0 Å². The van der Waals surface area contributed by atoms with Crippen molar-refractivity contribution in [3.05, 3.63) is 71.6 Å². The van der Waals surface area contributed by atoms with E-state index in [4.69, 9.17) is 14.1 Å². The Morgan fingerprint density at radius 3 is 2.81 bits per heavy atom. The quantitative estimate of drug-likeness (QED) is 0.747. The van der Waals surface area contributed by atoms with E-state index in [-0.39, 0.29) is 6.04 Å². The maximum atomic E-state index is 5.74. The second-order valence-corrected chi connectivity index (χ2v) is 6.94. The Kier molecular flexibility index (Phi) is 5.23. The summed E-state index contributed by atoms with van der Waals surface area (Å²) < 4.78 is 11.3.